The van der Waals surface area contributed by atoms with Gasteiger partial charge >= 0.3 is 0 Å². The van der Waals surface area contributed by atoms with E-state index in [1.54, 1.807) is 0 Å². The lowest BCUT2D eigenvalue weighted by Gasteiger charge is -2.37. The monoisotopic (exact) mass is 426 g/mol. The molecule has 4 aromatic rings. The van der Waals surface area contributed by atoms with Crippen LogP contribution < -0.4 is 14.8 Å². The second kappa shape index (κ2) is 8.55. The maximum absolute atomic E-state index is 11.5. The Morgan fingerprint density at radius 3 is 2.38 bits per heavy atom. The molecule has 7 heteroatoms. The zero-order chi connectivity index (χ0) is 21.9. The van der Waals surface area contributed by atoms with Gasteiger partial charge in [-0.1, -0.05) is 24.8 Å². The van der Waals surface area contributed by atoms with Gasteiger partial charge in [-0.25, -0.2) is 4.98 Å². The average Bonchev–Trinajstić information content (AvgIpc) is 3.22. The summed E-state index contributed by atoms with van der Waals surface area (Å²) >= 11 is 0. The van der Waals surface area contributed by atoms with Crippen LogP contribution in [0.4, 0.5) is 0 Å². The quantitative estimate of drug-likeness (QED) is 0.420. The van der Waals surface area contributed by atoms with Gasteiger partial charge in [0.2, 0.25) is 11.8 Å². The fourth-order valence-electron chi connectivity index (χ4n) is 3.85. The molecule has 2 aromatic heterocycles. The minimum Gasteiger partial charge on any atom is -0.457 e. The number of para-hydroxylation sites is 1. The first-order chi connectivity index (χ1) is 15.7. The first kappa shape index (κ1) is 19.8. The zero-order valence-electron chi connectivity index (χ0n) is 17.3. The summed E-state index contributed by atoms with van der Waals surface area (Å²) in [5.74, 6) is 2.51. The summed E-state index contributed by atoms with van der Waals surface area (Å²) < 4.78 is 14.1. The van der Waals surface area contributed by atoms with Gasteiger partial charge in [-0.05, 0) is 61.4 Å². The molecule has 1 aliphatic rings. The lowest BCUT2D eigenvalue weighted by atomic mass is 9.86. The topological polar surface area (TPSA) is 78.3 Å². The second-order valence-electron chi connectivity index (χ2n) is 7.66. The second-order valence-corrected chi connectivity index (χ2v) is 7.66. The molecular formula is C25H22N4O3. The first-order valence-corrected chi connectivity index (χ1v) is 10.4. The largest absolute Gasteiger partial charge is 0.457 e. The average molecular weight is 426 g/mol. The molecule has 1 amide bonds. The van der Waals surface area contributed by atoms with Gasteiger partial charge in [0, 0.05) is 18.3 Å². The molecule has 0 atom stereocenters. The van der Waals surface area contributed by atoms with E-state index in [2.05, 4.69) is 26.4 Å². The zero-order valence-corrected chi connectivity index (χ0v) is 17.3. The van der Waals surface area contributed by atoms with Gasteiger partial charge in [0.1, 0.15) is 29.1 Å². The molecule has 0 spiro atoms. The van der Waals surface area contributed by atoms with Crippen LogP contribution in [0, 0.1) is 0 Å². The SMILES string of the molecule is C=CC(=O)N[C@H]1C[C@H](n2ccc3ncnc(Oc4ccc(Oc5ccccc5)cc4)c32)C1. The van der Waals surface area contributed by atoms with Crippen LogP contribution in [0.3, 0.4) is 0 Å². The fraction of sp³-hybridized carbons (Fsp3) is 0.160. The van der Waals surface area contributed by atoms with E-state index >= 15 is 0 Å². The van der Waals surface area contributed by atoms with Crippen molar-refractivity contribution in [3.05, 3.63) is 85.8 Å². The molecule has 2 aromatic carbocycles. The summed E-state index contributed by atoms with van der Waals surface area (Å²) in [7, 11) is 0. The van der Waals surface area contributed by atoms with Crippen molar-refractivity contribution in [1.82, 2.24) is 19.9 Å². The number of nitrogens with one attached hydrogen (secondary N) is 1. The van der Waals surface area contributed by atoms with E-state index in [0.717, 1.165) is 35.4 Å². The van der Waals surface area contributed by atoms with Crippen LogP contribution in [0.5, 0.6) is 23.1 Å². The van der Waals surface area contributed by atoms with Gasteiger partial charge in [-0.15, -0.1) is 0 Å². The molecule has 32 heavy (non-hydrogen) atoms. The Bertz CT molecular complexity index is 1250. The normalized spacial score (nSPS) is 17.4. The van der Waals surface area contributed by atoms with E-state index in [1.807, 2.05) is 66.9 Å². The minimum atomic E-state index is -0.141. The Kier molecular flexibility index (Phi) is 5.29. The van der Waals surface area contributed by atoms with Crippen molar-refractivity contribution >= 4 is 16.9 Å². The smallest absolute Gasteiger partial charge is 0.247 e. The Balaban J connectivity index is 1.32. The first-order valence-electron chi connectivity index (χ1n) is 10.4. The third-order valence-corrected chi connectivity index (χ3v) is 5.52. The number of amides is 1. The number of fused-ring (bicyclic) bond motifs is 1. The minimum absolute atomic E-state index is 0.141. The van der Waals surface area contributed by atoms with Crippen LogP contribution in [0.25, 0.3) is 11.0 Å². The molecule has 1 N–H and O–H groups in total. The Morgan fingerprint density at radius 1 is 0.969 bits per heavy atom. The van der Waals surface area contributed by atoms with Crippen molar-refractivity contribution in [2.24, 2.45) is 0 Å². The summed E-state index contributed by atoms with van der Waals surface area (Å²) in [6.45, 7) is 3.50. The molecule has 1 fully saturated rings. The molecule has 0 aliphatic heterocycles. The van der Waals surface area contributed by atoms with Crippen molar-refractivity contribution in [3.8, 4) is 23.1 Å². The summed E-state index contributed by atoms with van der Waals surface area (Å²) in [5, 5.41) is 2.94. The lowest BCUT2D eigenvalue weighted by Crippen LogP contribution is -2.44. The van der Waals surface area contributed by atoms with E-state index in [0.29, 0.717) is 11.6 Å². The Hall–Kier alpha value is -4.13. The Morgan fingerprint density at radius 2 is 1.66 bits per heavy atom. The van der Waals surface area contributed by atoms with Gasteiger partial charge in [0.25, 0.3) is 0 Å². The number of aromatic nitrogens is 3. The van der Waals surface area contributed by atoms with Crippen LogP contribution in [-0.2, 0) is 4.79 Å². The number of benzene rings is 2. The summed E-state index contributed by atoms with van der Waals surface area (Å²) in [5.41, 5.74) is 1.66. The summed E-state index contributed by atoms with van der Waals surface area (Å²) in [6, 6.07) is 19.4. The number of nitrogens with zero attached hydrogens (tertiary/aromatic N) is 3. The fourth-order valence-corrected chi connectivity index (χ4v) is 3.85. The van der Waals surface area contributed by atoms with Crippen molar-refractivity contribution in [2.45, 2.75) is 24.9 Å². The maximum atomic E-state index is 11.5. The van der Waals surface area contributed by atoms with E-state index in [9.17, 15) is 4.79 Å². The summed E-state index contributed by atoms with van der Waals surface area (Å²) in [6.07, 6.45) is 6.47. The number of ether oxygens (including phenoxy) is 2. The van der Waals surface area contributed by atoms with Crippen molar-refractivity contribution in [2.75, 3.05) is 0 Å². The van der Waals surface area contributed by atoms with Gasteiger partial charge in [-0.2, -0.15) is 4.98 Å². The van der Waals surface area contributed by atoms with Gasteiger partial charge in [-0.3, -0.25) is 4.79 Å². The number of hydrogen-bond donors (Lipinski definition) is 1. The highest BCUT2D eigenvalue weighted by Gasteiger charge is 2.32. The maximum Gasteiger partial charge on any atom is 0.247 e. The molecule has 0 unspecified atom stereocenters. The third kappa shape index (κ3) is 4.05. The molecule has 1 aliphatic carbocycles. The van der Waals surface area contributed by atoms with Gasteiger partial charge < -0.3 is 19.4 Å². The van der Waals surface area contributed by atoms with Crippen LogP contribution >= 0.6 is 0 Å². The number of carbonyl (C=O) groups excluding carboxylic acids is 1. The molecule has 7 nitrogen and oxygen atoms in total. The number of carbonyl (C=O) groups is 1. The number of rotatable bonds is 7. The van der Waals surface area contributed by atoms with Crippen molar-refractivity contribution in [1.29, 1.82) is 0 Å². The van der Waals surface area contributed by atoms with Crippen molar-refractivity contribution < 1.29 is 14.3 Å². The highest BCUT2D eigenvalue weighted by atomic mass is 16.5. The van der Waals surface area contributed by atoms with Gasteiger partial charge in [0.15, 0.2) is 0 Å². The highest BCUT2D eigenvalue weighted by molar-refractivity contribution is 5.87. The van der Waals surface area contributed by atoms with Crippen LogP contribution in [0.15, 0.2) is 85.8 Å². The molecular weight excluding hydrogens is 404 g/mol. The molecule has 0 radical (unpaired) electrons. The predicted molar refractivity (Wildman–Crippen MR) is 121 cm³/mol. The molecule has 160 valence electrons. The van der Waals surface area contributed by atoms with Crippen LogP contribution in [0.1, 0.15) is 18.9 Å². The number of hydrogen-bond acceptors (Lipinski definition) is 5. The van der Waals surface area contributed by atoms with E-state index in [4.69, 9.17) is 9.47 Å². The molecule has 2 heterocycles. The molecule has 1 saturated carbocycles. The van der Waals surface area contributed by atoms with E-state index < -0.39 is 0 Å². The van der Waals surface area contributed by atoms with E-state index in [1.165, 1.54) is 12.4 Å². The van der Waals surface area contributed by atoms with Gasteiger partial charge in [0.05, 0.1) is 5.52 Å². The van der Waals surface area contributed by atoms with Crippen molar-refractivity contribution in [3.63, 3.8) is 0 Å². The highest BCUT2D eigenvalue weighted by Crippen LogP contribution is 2.38. The molecule has 5 rings (SSSR count). The van der Waals surface area contributed by atoms with Crippen LogP contribution in [0.2, 0.25) is 0 Å². The summed E-state index contributed by atoms with van der Waals surface area (Å²) in [4.78, 5) is 20.3. The predicted octanol–water partition coefficient (Wildman–Crippen LogP) is 5.02. The molecule has 0 saturated heterocycles. The third-order valence-electron chi connectivity index (χ3n) is 5.52. The standard InChI is InChI=1S/C25H22N4O3/c1-2-23(30)28-17-14-18(15-17)29-13-12-22-24(29)25(27-16-26-22)32-21-10-8-20(9-11-21)31-19-6-4-3-5-7-19/h2-13,16-18H,1,14-15H2,(H,28,30)/t17-,18-. The lowest BCUT2D eigenvalue weighted by molar-refractivity contribution is -0.117. The Labute approximate surface area is 185 Å². The van der Waals surface area contributed by atoms with E-state index in [-0.39, 0.29) is 18.0 Å². The van der Waals surface area contributed by atoms with Crippen LogP contribution in [-0.4, -0.2) is 26.5 Å². The molecule has 0 bridgehead atoms.